The van der Waals surface area contributed by atoms with Crippen molar-refractivity contribution in [3.05, 3.63) is 77.0 Å². The lowest BCUT2D eigenvalue weighted by Crippen LogP contribution is -2.40. The largest absolute Gasteiger partial charge is 0.418 e. The normalized spacial score (nSPS) is 13.3. The van der Waals surface area contributed by atoms with E-state index >= 15 is 0 Å². The van der Waals surface area contributed by atoms with Crippen LogP contribution in [0, 0.1) is 5.21 Å². The molecule has 2 aromatic rings. The monoisotopic (exact) mass is 377 g/mol. The van der Waals surface area contributed by atoms with Gasteiger partial charge < -0.3 is 14.3 Å². The molecule has 0 aliphatic rings. The van der Waals surface area contributed by atoms with E-state index in [0.717, 1.165) is 0 Å². The van der Waals surface area contributed by atoms with Gasteiger partial charge in [0.1, 0.15) is 0 Å². The maximum Gasteiger partial charge on any atom is 0.356 e. The van der Waals surface area contributed by atoms with Gasteiger partial charge in [-0.1, -0.05) is 60.7 Å². The first kappa shape index (κ1) is 20.2. The van der Waals surface area contributed by atoms with Crippen molar-refractivity contribution in [2.75, 3.05) is 13.2 Å². The van der Waals surface area contributed by atoms with Crippen LogP contribution in [0.25, 0.3) is 0 Å². The van der Waals surface area contributed by atoms with Crippen LogP contribution >= 0.6 is 7.60 Å². The van der Waals surface area contributed by atoms with Gasteiger partial charge in [-0.3, -0.25) is 9.77 Å². The van der Waals surface area contributed by atoms with Crippen LogP contribution < -0.4 is 0 Å². The highest BCUT2D eigenvalue weighted by atomic mass is 31.2. The molecular formula is C19H24NO5P. The van der Waals surface area contributed by atoms with Crippen molar-refractivity contribution in [1.82, 2.24) is 0 Å². The second-order valence-electron chi connectivity index (χ2n) is 5.63. The summed E-state index contributed by atoms with van der Waals surface area (Å²) in [7, 11) is -3.95. The van der Waals surface area contributed by atoms with E-state index in [1.807, 2.05) is 12.1 Å². The van der Waals surface area contributed by atoms with Crippen molar-refractivity contribution in [2.24, 2.45) is 0 Å². The van der Waals surface area contributed by atoms with Gasteiger partial charge in [-0.15, -0.1) is 0 Å². The molecule has 0 atom stereocenters. The van der Waals surface area contributed by atoms with Gasteiger partial charge >= 0.3 is 7.60 Å². The van der Waals surface area contributed by atoms with Crippen molar-refractivity contribution in [3.63, 3.8) is 0 Å². The molecule has 2 aromatic carbocycles. The molecule has 2 rings (SSSR count). The summed E-state index contributed by atoms with van der Waals surface area (Å²) < 4.78 is 25.3. The SMILES string of the molecule is CCOP(=O)(OCC)C(/C(C)=[N+](/[O-])O)(c1ccccc1)c1ccccc1. The highest BCUT2D eigenvalue weighted by Gasteiger charge is 2.60. The Kier molecular flexibility index (Phi) is 6.59. The van der Waals surface area contributed by atoms with Gasteiger partial charge in [0, 0.05) is 11.8 Å². The van der Waals surface area contributed by atoms with Crippen molar-refractivity contribution in [3.8, 4) is 0 Å². The maximum atomic E-state index is 14.0. The van der Waals surface area contributed by atoms with Crippen molar-refractivity contribution in [2.45, 2.75) is 25.9 Å². The minimum atomic E-state index is -3.95. The van der Waals surface area contributed by atoms with Crippen LogP contribution in [-0.2, 0) is 18.8 Å². The Morgan fingerprint density at radius 2 is 1.38 bits per heavy atom. The van der Waals surface area contributed by atoms with Crippen LogP contribution in [0.3, 0.4) is 0 Å². The van der Waals surface area contributed by atoms with Crippen LogP contribution in [-0.4, -0.2) is 29.0 Å². The lowest BCUT2D eigenvalue weighted by Gasteiger charge is -2.37. The molecule has 0 aliphatic heterocycles. The Labute approximate surface area is 153 Å². The molecule has 1 N–H and O–H groups in total. The summed E-state index contributed by atoms with van der Waals surface area (Å²) in [6.07, 6.45) is 0. The van der Waals surface area contributed by atoms with Crippen LogP contribution in [0.1, 0.15) is 31.9 Å². The zero-order valence-corrected chi connectivity index (χ0v) is 16.1. The first-order chi connectivity index (χ1) is 12.4. The number of nitrogens with zero attached hydrogens (tertiary/aromatic N) is 1. The zero-order chi connectivity index (χ0) is 19.2. The topological polar surface area (TPSA) is 81.8 Å². The number of rotatable bonds is 8. The zero-order valence-electron chi connectivity index (χ0n) is 15.2. The average Bonchev–Trinajstić information content (AvgIpc) is 2.64. The van der Waals surface area contributed by atoms with Gasteiger partial charge in [0.05, 0.1) is 13.2 Å². The summed E-state index contributed by atoms with van der Waals surface area (Å²) in [6.45, 7) is 5.08. The minimum absolute atomic E-state index is 0.0971. The van der Waals surface area contributed by atoms with E-state index in [1.54, 1.807) is 62.4 Å². The van der Waals surface area contributed by atoms with E-state index in [1.165, 1.54) is 6.92 Å². The molecule has 0 unspecified atom stereocenters. The summed E-state index contributed by atoms with van der Waals surface area (Å²) in [5.74, 6) is 0. The minimum Gasteiger partial charge on any atom is -0.418 e. The van der Waals surface area contributed by atoms with E-state index in [9.17, 15) is 15.0 Å². The standard InChI is InChI=1S/C19H24NO5P/c1-4-24-26(23,25-5-2)19(16(3)20(21)22,17-12-8-6-9-13-17)18-14-10-7-11-15-18/h6-15H,4-5H2,1-3H3,(H,21,22). The molecule has 26 heavy (non-hydrogen) atoms. The molecule has 0 bridgehead atoms. The third-order valence-electron chi connectivity index (χ3n) is 4.20. The van der Waals surface area contributed by atoms with Crippen LogP contribution in [0.15, 0.2) is 60.7 Å². The third kappa shape index (κ3) is 3.40. The Morgan fingerprint density at radius 1 is 1.00 bits per heavy atom. The quantitative estimate of drug-likeness (QED) is 0.240. The van der Waals surface area contributed by atoms with E-state index < -0.39 is 12.8 Å². The number of hydrogen-bond acceptors (Lipinski definition) is 5. The smallest absolute Gasteiger partial charge is 0.356 e. The molecule has 0 saturated carbocycles. The fraction of sp³-hybridized carbons (Fsp3) is 0.316. The predicted molar refractivity (Wildman–Crippen MR) is 101 cm³/mol. The molecule has 0 aliphatic carbocycles. The highest BCUT2D eigenvalue weighted by molar-refractivity contribution is 7.56. The summed E-state index contributed by atoms with van der Waals surface area (Å²) in [6, 6.07) is 17.7. The second-order valence-corrected chi connectivity index (χ2v) is 7.82. The number of benzene rings is 2. The Hall–Kier alpha value is -2.14. The van der Waals surface area contributed by atoms with Gasteiger partial charge in [0.15, 0.2) is 0 Å². The van der Waals surface area contributed by atoms with E-state index in [2.05, 4.69) is 0 Å². The number of hydrogen-bond donors (Lipinski definition) is 1. The Bertz CT molecular complexity index is 739. The predicted octanol–water partition coefficient (Wildman–Crippen LogP) is 4.56. The Balaban J connectivity index is 2.99. The fourth-order valence-corrected chi connectivity index (χ4v) is 5.72. The van der Waals surface area contributed by atoms with Gasteiger partial charge in [-0.05, 0) is 25.0 Å². The molecule has 0 saturated heterocycles. The van der Waals surface area contributed by atoms with Crippen LogP contribution in [0.2, 0.25) is 0 Å². The molecule has 7 heteroatoms. The lowest BCUT2D eigenvalue weighted by atomic mass is 9.86. The fourth-order valence-electron chi connectivity index (χ4n) is 3.17. The van der Waals surface area contributed by atoms with E-state index in [-0.39, 0.29) is 23.8 Å². The lowest BCUT2D eigenvalue weighted by molar-refractivity contribution is -0.727. The molecule has 0 fully saturated rings. The first-order valence-corrected chi connectivity index (χ1v) is 9.98. The molecule has 0 aromatic heterocycles. The van der Waals surface area contributed by atoms with E-state index in [4.69, 9.17) is 9.05 Å². The third-order valence-corrected chi connectivity index (χ3v) is 7.06. The van der Waals surface area contributed by atoms with Crippen molar-refractivity contribution in [1.29, 1.82) is 0 Å². The van der Waals surface area contributed by atoms with Crippen LogP contribution in [0.4, 0.5) is 0 Å². The Morgan fingerprint density at radius 3 is 1.69 bits per heavy atom. The van der Waals surface area contributed by atoms with Crippen LogP contribution in [0.5, 0.6) is 0 Å². The van der Waals surface area contributed by atoms with Gasteiger partial charge in [0.25, 0.3) is 0 Å². The molecule has 0 spiro atoms. The van der Waals surface area contributed by atoms with Crippen molar-refractivity contribution < 1.29 is 23.7 Å². The molecule has 0 heterocycles. The first-order valence-electron chi connectivity index (χ1n) is 8.44. The average molecular weight is 377 g/mol. The summed E-state index contributed by atoms with van der Waals surface area (Å²) in [5, 5.41) is 20.2. The second kappa shape index (κ2) is 8.49. The van der Waals surface area contributed by atoms with E-state index in [0.29, 0.717) is 11.1 Å². The summed E-state index contributed by atoms with van der Waals surface area (Å²) >= 11 is 0. The highest BCUT2D eigenvalue weighted by Crippen LogP contribution is 2.68. The maximum absolute atomic E-state index is 14.0. The molecule has 6 nitrogen and oxygen atoms in total. The molecule has 140 valence electrons. The van der Waals surface area contributed by atoms with Gasteiger partial charge in [0.2, 0.25) is 10.9 Å². The molecular weight excluding hydrogens is 353 g/mol. The van der Waals surface area contributed by atoms with Gasteiger partial charge in [-0.25, -0.2) is 0 Å². The summed E-state index contributed by atoms with van der Waals surface area (Å²) in [5.41, 5.74) is 0.966. The molecule has 0 radical (unpaired) electrons. The van der Waals surface area contributed by atoms with Gasteiger partial charge in [-0.2, -0.15) is 0 Å². The van der Waals surface area contributed by atoms with Crippen molar-refractivity contribution >= 4 is 13.3 Å². The molecule has 0 amide bonds. The summed E-state index contributed by atoms with van der Waals surface area (Å²) in [4.78, 5) is -0.259.